The molecule has 5 heteroatoms. The molecule has 100 valence electrons. The van der Waals surface area contributed by atoms with E-state index in [0.29, 0.717) is 18.3 Å². The van der Waals surface area contributed by atoms with Gasteiger partial charge in [0.1, 0.15) is 5.69 Å². The highest BCUT2D eigenvalue weighted by molar-refractivity contribution is 5.92. The van der Waals surface area contributed by atoms with Gasteiger partial charge in [-0.3, -0.25) is 14.4 Å². The number of nitrogens with zero attached hydrogens (tertiary/aromatic N) is 3. The maximum absolute atomic E-state index is 11.9. The maximum atomic E-state index is 11.9. The molecule has 0 bridgehead atoms. The van der Waals surface area contributed by atoms with E-state index in [-0.39, 0.29) is 5.91 Å². The maximum Gasteiger partial charge on any atom is 0.269 e. The number of hydrogen-bond acceptors (Lipinski definition) is 3. The Kier molecular flexibility index (Phi) is 4.36. The van der Waals surface area contributed by atoms with Gasteiger partial charge in [-0.15, -0.1) is 0 Å². The smallest absolute Gasteiger partial charge is 0.269 e. The number of aryl methyl sites for hydroxylation is 1. The number of nitrogens with one attached hydrogen (secondary N) is 1. The average Bonchev–Trinajstić information content (AvgIpc) is 2.78. The average molecular weight is 250 g/mol. The number of piperidine rings is 1. The fourth-order valence-corrected chi connectivity index (χ4v) is 2.49. The third kappa shape index (κ3) is 3.10. The Labute approximate surface area is 108 Å². The number of likely N-dealkylation sites (tertiary alicyclic amines) is 1. The molecule has 18 heavy (non-hydrogen) atoms. The van der Waals surface area contributed by atoms with Crippen LogP contribution < -0.4 is 5.32 Å². The van der Waals surface area contributed by atoms with E-state index >= 15 is 0 Å². The van der Waals surface area contributed by atoms with Crippen molar-refractivity contribution in [1.82, 2.24) is 20.0 Å². The summed E-state index contributed by atoms with van der Waals surface area (Å²) >= 11 is 0. The number of aromatic nitrogens is 2. The highest BCUT2D eigenvalue weighted by Gasteiger charge is 2.18. The quantitative estimate of drug-likeness (QED) is 0.868. The molecular weight excluding hydrogens is 228 g/mol. The number of amides is 1. The lowest BCUT2D eigenvalue weighted by atomic mass is 10.0. The molecule has 0 saturated carbocycles. The van der Waals surface area contributed by atoms with Crippen molar-refractivity contribution in [2.75, 3.05) is 19.6 Å². The monoisotopic (exact) mass is 250 g/mol. The minimum Gasteiger partial charge on any atom is -0.349 e. The summed E-state index contributed by atoms with van der Waals surface area (Å²) < 4.78 is 1.60. The van der Waals surface area contributed by atoms with E-state index in [2.05, 4.69) is 22.2 Å². The van der Waals surface area contributed by atoms with Crippen LogP contribution in [0.3, 0.4) is 0 Å². The minimum absolute atomic E-state index is 0.0420. The minimum atomic E-state index is -0.0420. The number of carbonyl (C=O) groups excluding carboxylic acids is 1. The fourth-order valence-electron chi connectivity index (χ4n) is 2.49. The van der Waals surface area contributed by atoms with Crippen LogP contribution in [0.4, 0.5) is 0 Å². The van der Waals surface area contributed by atoms with Crippen molar-refractivity contribution in [1.29, 1.82) is 0 Å². The lowest BCUT2D eigenvalue weighted by molar-refractivity contribution is 0.0929. The number of carbonyl (C=O) groups is 1. The molecule has 1 fully saturated rings. The van der Waals surface area contributed by atoms with Gasteiger partial charge >= 0.3 is 0 Å². The molecule has 2 heterocycles. The first-order chi connectivity index (χ1) is 8.68. The molecule has 2 rings (SSSR count). The Bertz CT molecular complexity index is 401. The van der Waals surface area contributed by atoms with Crippen LogP contribution in [-0.4, -0.2) is 46.3 Å². The van der Waals surface area contributed by atoms with E-state index in [1.165, 1.54) is 19.3 Å². The molecule has 1 atom stereocenters. The Hall–Kier alpha value is -1.36. The molecule has 1 aromatic heterocycles. The topological polar surface area (TPSA) is 50.2 Å². The zero-order chi connectivity index (χ0) is 13.0. The van der Waals surface area contributed by atoms with Crippen LogP contribution in [0.1, 0.15) is 36.7 Å². The second-order valence-electron chi connectivity index (χ2n) is 4.98. The molecule has 0 radical (unpaired) electrons. The molecule has 1 aliphatic rings. The predicted molar refractivity (Wildman–Crippen MR) is 70.4 cm³/mol. The highest BCUT2D eigenvalue weighted by Crippen LogP contribution is 2.15. The molecule has 0 aliphatic carbocycles. The van der Waals surface area contributed by atoms with Crippen molar-refractivity contribution in [2.24, 2.45) is 7.05 Å². The molecule has 1 saturated heterocycles. The van der Waals surface area contributed by atoms with E-state index < -0.39 is 0 Å². The third-order valence-corrected chi connectivity index (χ3v) is 3.68. The van der Waals surface area contributed by atoms with Crippen molar-refractivity contribution in [3.05, 3.63) is 18.0 Å². The van der Waals surface area contributed by atoms with E-state index in [9.17, 15) is 4.79 Å². The summed E-state index contributed by atoms with van der Waals surface area (Å²) in [6.45, 7) is 5.06. The SMILES string of the molecule is C[C@@H]1CCCCN1CCNC(=O)c1ccnn1C. The first-order valence-electron chi connectivity index (χ1n) is 6.68. The first-order valence-corrected chi connectivity index (χ1v) is 6.68. The molecule has 1 amide bonds. The van der Waals surface area contributed by atoms with Crippen LogP contribution in [0.2, 0.25) is 0 Å². The van der Waals surface area contributed by atoms with Crippen LogP contribution in [0.5, 0.6) is 0 Å². The van der Waals surface area contributed by atoms with Crippen molar-refractivity contribution in [2.45, 2.75) is 32.2 Å². The Balaban J connectivity index is 1.75. The molecule has 0 aromatic carbocycles. The molecule has 1 N–H and O–H groups in total. The first kappa shape index (κ1) is 13.1. The summed E-state index contributed by atoms with van der Waals surface area (Å²) in [6.07, 6.45) is 5.52. The van der Waals surface area contributed by atoms with Gasteiger partial charge in [0.05, 0.1) is 0 Å². The molecule has 1 aliphatic heterocycles. The Morgan fingerprint density at radius 2 is 2.39 bits per heavy atom. The van der Waals surface area contributed by atoms with Gasteiger partial charge in [-0.2, -0.15) is 5.10 Å². The van der Waals surface area contributed by atoms with Gasteiger partial charge in [0.15, 0.2) is 0 Å². The van der Waals surface area contributed by atoms with Gasteiger partial charge in [0.2, 0.25) is 0 Å². The standard InChI is InChI=1S/C13H22N4O/c1-11-5-3-4-9-17(11)10-8-14-13(18)12-6-7-15-16(12)2/h6-7,11H,3-5,8-10H2,1-2H3,(H,14,18)/t11-/m1/s1. The summed E-state index contributed by atoms with van der Waals surface area (Å²) in [6, 6.07) is 2.38. The molecule has 1 aromatic rings. The predicted octanol–water partition coefficient (Wildman–Crippen LogP) is 1.02. The largest absolute Gasteiger partial charge is 0.349 e. The molecule has 5 nitrogen and oxygen atoms in total. The zero-order valence-electron chi connectivity index (χ0n) is 11.2. The summed E-state index contributed by atoms with van der Waals surface area (Å²) in [4.78, 5) is 14.3. The molecule has 0 spiro atoms. The normalized spacial score (nSPS) is 20.9. The van der Waals surface area contributed by atoms with E-state index in [4.69, 9.17) is 0 Å². The summed E-state index contributed by atoms with van der Waals surface area (Å²) in [5.41, 5.74) is 0.613. The summed E-state index contributed by atoms with van der Waals surface area (Å²) in [5, 5.41) is 6.95. The van der Waals surface area contributed by atoms with Crippen molar-refractivity contribution in [3.8, 4) is 0 Å². The summed E-state index contributed by atoms with van der Waals surface area (Å²) in [5.74, 6) is -0.0420. The van der Waals surface area contributed by atoms with E-state index in [1.54, 1.807) is 24.0 Å². The number of rotatable bonds is 4. The number of hydrogen-bond donors (Lipinski definition) is 1. The van der Waals surface area contributed by atoms with Gasteiger partial charge in [-0.1, -0.05) is 6.42 Å². The Morgan fingerprint density at radius 3 is 3.06 bits per heavy atom. The van der Waals surface area contributed by atoms with Crippen LogP contribution in [0, 0.1) is 0 Å². The molecule has 0 unspecified atom stereocenters. The lowest BCUT2D eigenvalue weighted by Crippen LogP contribution is -2.42. The van der Waals surface area contributed by atoms with Crippen LogP contribution in [0.15, 0.2) is 12.3 Å². The highest BCUT2D eigenvalue weighted by atomic mass is 16.2. The van der Waals surface area contributed by atoms with Gasteiger partial charge in [0, 0.05) is 32.4 Å². The summed E-state index contributed by atoms with van der Waals surface area (Å²) in [7, 11) is 1.78. The lowest BCUT2D eigenvalue weighted by Gasteiger charge is -2.33. The van der Waals surface area contributed by atoms with Gasteiger partial charge in [-0.05, 0) is 32.4 Å². The van der Waals surface area contributed by atoms with Crippen LogP contribution >= 0.6 is 0 Å². The van der Waals surface area contributed by atoms with Gasteiger partial charge in [0.25, 0.3) is 5.91 Å². The van der Waals surface area contributed by atoms with Crippen LogP contribution in [-0.2, 0) is 7.05 Å². The second kappa shape index (κ2) is 6.00. The zero-order valence-corrected chi connectivity index (χ0v) is 11.2. The van der Waals surface area contributed by atoms with E-state index in [0.717, 1.165) is 13.1 Å². The van der Waals surface area contributed by atoms with Crippen molar-refractivity contribution >= 4 is 5.91 Å². The molecular formula is C13H22N4O. The van der Waals surface area contributed by atoms with Gasteiger partial charge < -0.3 is 5.32 Å². The second-order valence-corrected chi connectivity index (χ2v) is 4.98. The Morgan fingerprint density at radius 1 is 1.56 bits per heavy atom. The van der Waals surface area contributed by atoms with Crippen molar-refractivity contribution in [3.63, 3.8) is 0 Å². The van der Waals surface area contributed by atoms with Gasteiger partial charge in [-0.25, -0.2) is 0 Å². The third-order valence-electron chi connectivity index (χ3n) is 3.68. The van der Waals surface area contributed by atoms with E-state index in [1.807, 2.05) is 0 Å². The fraction of sp³-hybridized carbons (Fsp3) is 0.692. The van der Waals surface area contributed by atoms with Crippen molar-refractivity contribution < 1.29 is 4.79 Å². The van der Waals surface area contributed by atoms with Crippen LogP contribution in [0.25, 0.3) is 0 Å².